The summed E-state index contributed by atoms with van der Waals surface area (Å²) in [5, 5.41) is 0. The van der Waals surface area contributed by atoms with Gasteiger partial charge in [0.25, 0.3) is 10.0 Å². The summed E-state index contributed by atoms with van der Waals surface area (Å²) in [6, 6.07) is 11.7. The van der Waals surface area contributed by atoms with E-state index in [2.05, 4.69) is 9.71 Å². The lowest BCUT2D eigenvalue weighted by Gasteiger charge is -2.21. The third-order valence-corrected chi connectivity index (χ3v) is 5.60. The highest BCUT2D eigenvalue weighted by Crippen LogP contribution is 2.24. The molecule has 2 aromatic rings. The Balaban J connectivity index is 1.85. The molecule has 0 saturated heterocycles. The van der Waals surface area contributed by atoms with Crippen LogP contribution in [0.15, 0.2) is 52.4 Å². The summed E-state index contributed by atoms with van der Waals surface area (Å²) >= 11 is 0. The summed E-state index contributed by atoms with van der Waals surface area (Å²) in [6.07, 6.45) is 0. The molecule has 25 heavy (non-hydrogen) atoms. The number of benzene rings is 2. The predicted molar refractivity (Wildman–Crippen MR) is 97.0 cm³/mol. The van der Waals surface area contributed by atoms with Gasteiger partial charge in [-0.3, -0.25) is 9.71 Å². The monoisotopic (exact) mass is 361 g/mol. The van der Waals surface area contributed by atoms with E-state index in [1.807, 2.05) is 24.8 Å². The smallest absolute Gasteiger partial charge is 0.263 e. The van der Waals surface area contributed by atoms with Crippen molar-refractivity contribution < 1.29 is 12.8 Å². The number of hydrogen-bond donors (Lipinski definition) is 1. The zero-order chi connectivity index (χ0) is 18.0. The largest absolute Gasteiger partial charge is 0.370 e. The fourth-order valence-electron chi connectivity index (χ4n) is 2.89. The standard InChI is InChI=1S/C18H20FN3O2S/c1-3-22(4-2)16-10-9-13(11-15(16)19)12-20-18-14-7-5-6-8-17(14)25(23,24)21-18/h5-11H,3-4,12H2,1-2H3,(H,20,21). The molecule has 2 aromatic carbocycles. The molecule has 5 nitrogen and oxygen atoms in total. The number of nitrogens with zero attached hydrogens (tertiary/aromatic N) is 2. The number of aliphatic imine (C=N–C) groups is 1. The second kappa shape index (κ2) is 6.84. The van der Waals surface area contributed by atoms with Gasteiger partial charge in [0, 0.05) is 18.7 Å². The van der Waals surface area contributed by atoms with E-state index in [0.717, 1.165) is 13.1 Å². The van der Waals surface area contributed by atoms with Gasteiger partial charge in [0.05, 0.1) is 17.1 Å². The number of nitrogens with one attached hydrogen (secondary N) is 1. The molecule has 0 saturated carbocycles. The van der Waals surface area contributed by atoms with Crippen LogP contribution in [0.25, 0.3) is 0 Å². The minimum absolute atomic E-state index is 0.196. The molecule has 0 fully saturated rings. The molecule has 7 heteroatoms. The van der Waals surface area contributed by atoms with Gasteiger partial charge >= 0.3 is 0 Å². The summed E-state index contributed by atoms with van der Waals surface area (Å²) in [5.74, 6) is -0.00219. The third kappa shape index (κ3) is 3.37. The van der Waals surface area contributed by atoms with Crippen molar-refractivity contribution in [1.29, 1.82) is 0 Å². The maximum absolute atomic E-state index is 14.3. The lowest BCUT2D eigenvalue weighted by molar-refractivity contribution is 0.595. The summed E-state index contributed by atoms with van der Waals surface area (Å²) < 4.78 is 40.9. The van der Waals surface area contributed by atoms with Gasteiger partial charge in [-0.15, -0.1) is 0 Å². The molecule has 0 amide bonds. The highest BCUT2D eigenvalue weighted by Gasteiger charge is 2.29. The van der Waals surface area contributed by atoms with E-state index in [1.165, 1.54) is 6.07 Å². The van der Waals surface area contributed by atoms with Gasteiger partial charge < -0.3 is 4.90 Å². The quantitative estimate of drug-likeness (QED) is 0.891. The van der Waals surface area contributed by atoms with E-state index < -0.39 is 10.0 Å². The van der Waals surface area contributed by atoms with Gasteiger partial charge in [-0.2, -0.15) is 0 Å². The molecule has 0 atom stereocenters. The molecule has 0 radical (unpaired) electrons. The van der Waals surface area contributed by atoms with Crippen LogP contribution in [-0.4, -0.2) is 27.3 Å². The Hall–Kier alpha value is -2.41. The van der Waals surface area contributed by atoms with Crippen LogP contribution in [0.3, 0.4) is 0 Å². The average Bonchev–Trinajstić information content (AvgIpc) is 2.87. The SMILES string of the molecule is CCN(CC)c1ccc(CN=C2NS(=O)(=O)c3ccccc32)cc1F. The molecular formula is C18H20FN3O2S. The summed E-state index contributed by atoms with van der Waals surface area (Å²) in [7, 11) is -3.55. The normalized spacial score (nSPS) is 16.5. The van der Waals surface area contributed by atoms with Gasteiger partial charge in [0.15, 0.2) is 0 Å². The zero-order valence-electron chi connectivity index (χ0n) is 14.2. The van der Waals surface area contributed by atoms with E-state index in [4.69, 9.17) is 0 Å². The number of sulfonamides is 1. The number of rotatable bonds is 5. The van der Waals surface area contributed by atoms with Crippen molar-refractivity contribution in [1.82, 2.24) is 4.72 Å². The molecule has 0 aromatic heterocycles. The highest BCUT2D eigenvalue weighted by molar-refractivity contribution is 7.90. The van der Waals surface area contributed by atoms with Gasteiger partial charge in [0.2, 0.25) is 0 Å². The van der Waals surface area contributed by atoms with Crippen LogP contribution in [0.4, 0.5) is 10.1 Å². The van der Waals surface area contributed by atoms with E-state index >= 15 is 0 Å². The Labute approximate surface area is 147 Å². The molecule has 1 aliphatic heterocycles. The molecule has 1 N–H and O–H groups in total. The van der Waals surface area contributed by atoms with Crippen LogP contribution >= 0.6 is 0 Å². The van der Waals surface area contributed by atoms with Gasteiger partial charge in [-0.05, 0) is 43.7 Å². The average molecular weight is 361 g/mol. The Morgan fingerprint density at radius 3 is 2.52 bits per heavy atom. The molecule has 1 heterocycles. The van der Waals surface area contributed by atoms with Crippen LogP contribution in [0.1, 0.15) is 25.0 Å². The second-order valence-electron chi connectivity index (χ2n) is 5.72. The van der Waals surface area contributed by atoms with Crippen molar-refractivity contribution >= 4 is 21.5 Å². The third-order valence-electron chi connectivity index (χ3n) is 4.20. The van der Waals surface area contributed by atoms with Crippen LogP contribution in [0.2, 0.25) is 0 Å². The van der Waals surface area contributed by atoms with E-state index in [1.54, 1.807) is 30.3 Å². The predicted octanol–water partition coefficient (Wildman–Crippen LogP) is 2.91. The fourth-order valence-corrected chi connectivity index (χ4v) is 4.14. The first kappa shape index (κ1) is 17.4. The summed E-state index contributed by atoms with van der Waals surface area (Å²) in [4.78, 5) is 6.49. The molecule has 1 aliphatic rings. The molecular weight excluding hydrogens is 341 g/mol. The lowest BCUT2D eigenvalue weighted by Crippen LogP contribution is -2.23. The topological polar surface area (TPSA) is 61.8 Å². The highest BCUT2D eigenvalue weighted by atomic mass is 32.2. The van der Waals surface area contributed by atoms with Gasteiger partial charge in [0.1, 0.15) is 11.7 Å². The van der Waals surface area contributed by atoms with Crippen molar-refractivity contribution in [3.05, 3.63) is 59.4 Å². The Morgan fingerprint density at radius 1 is 1.12 bits per heavy atom. The molecule has 0 unspecified atom stereocenters. The van der Waals surface area contributed by atoms with E-state index in [0.29, 0.717) is 22.6 Å². The summed E-state index contributed by atoms with van der Waals surface area (Å²) in [6.45, 7) is 5.61. The first-order valence-electron chi connectivity index (χ1n) is 8.16. The van der Waals surface area contributed by atoms with Gasteiger partial charge in [-0.25, -0.2) is 12.8 Å². The first-order valence-corrected chi connectivity index (χ1v) is 9.64. The minimum Gasteiger partial charge on any atom is -0.370 e. The minimum atomic E-state index is -3.55. The fraction of sp³-hybridized carbons (Fsp3) is 0.278. The van der Waals surface area contributed by atoms with Crippen molar-refractivity contribution in [2.24, 2.45) is 4.99 Å². The number of hydrogen-bond acceptors (Lipinski definition) is 4. The van der Waals surface area contributed by atoms with Crippen molar-refractivity contribution in [2.75, 3.05) is 18.0 Å². The van der Waals surface area contributed by atoms with Crippen LogP contribution < -0.4 is 9.62 Å². The Bertz CT molecular complexity index is 922. The lowest BCUT2D eigenvalue weighted by atomic mass is 10.1. The number of fused-ring (bicyclic) bond motifs is 1. The molecule has 0 bridgehead atoms. The molecule has 0 aliphatic carbocycles. The second-order valence-corrected chi connectivity index (χ2v) is 7.38. The van der Waals surface area contributed by atoms with E-state index in [-0.39, 0.29) is 17.3 Å². The van der Waals surface area contributed by atoms with Crippen LogP contribution in [0.5, 0.6) is 0 Å². The number of anilines is 1. The molecule has 3 rings (SSSR count). The molecule has 132 valence electrons. The van der Waals surface area contributed by atoms with Crippen molar-refractivity contribution in [3.63, 3.8) is 0 Å². The maximum Gasteiger partial charge on any atom is 0.263 e. The number of halogens is 1. The zero-order valence-corrected chi connectivity index (χ0v) is 15.0. The van der Waals surface area contributed by atoms with Crippen molar-refractivity contribution in [3.8, 4) is 0 Å². The first-order chi connectivity index (χ1) is 12.0. The Morgan fingerprint density at radius 2 is 1.84 bits per heavy atom. The van der Waals surface area contributed by atoms with Crippen LogP contribution in [-0.2, 0) is 16.6 Å². The van der Waals surface area contributed by atoms with Crippen LogP contribution in [0, 0.1) is 5.82 Å². The summed E-state index contributed by atoms with van der Waals surface area (Å²) in [5.41, 5.74) is 1.79. The van der Waals surface area contributed by atoms with Gasteiger partial charge in [-0.1, -0.05) is 18.2 Å². The van der Waals surface area contributed by atoms with E-state index in [9.17, 15) is 12.8 Å². The number of amidine groups is 1. The Kier molecular flexibility index (Phi) is 4.76. The maximum atomic E-state index is 14.3. The van der Waals surface area contributed by atoms with Crippen molar-refractivity contribution in [2.45, 2.75) is 25.3 Å². The molecule has 0 spiro atoms.